The van der Waals surface area contributed by atoms with Gasteiger partial charge >= 0.3 is 5.97 Å². The molecule has 0 unspecified atom stereocenters. The number of aromatic nitrogens is 2. The molecule has 2 rings (SSSR count). The SMILES string of the molecule is CC(C)n1cc(NC(=O)CC2(C(=O)O)CCCC2)cn1. The van der Waals surface area contributed by atoms with E-state index in [9.17, 15) is 14.7 Å². The number of carboxylic acids is 1. The van der Waals surface area contributed by atoms with E-state index in [1.807, 2.05) is 13.8 Å². The molecule has 0 saturated heterocycles. The molecule has 1 amide bonds. The van der Waals surface area contributed by atoms with Crippen LogP contribution in [0, 0.1) is 5.41 Å². The van der Waals surface area contributed by atoms with Gasteiger partial charge in [-0.05, 0) is 26.7 Å². The maximum atomic E-state index is 12.0. The molecule has 1 aromatic rings. The first-order valence-corrected chi connectivity index (χ1v) is 7.00. The molecule has 1 aliphatic carbocycles. The van der Waals surface area contributed by atoms with Crippen LogP contribution >= 0.6 is 0 Å². The summed E-state index contributed by atoms with van der Waals surface area (Å²) in [5, 5.41) is 16.2. The molecule has 1 aromatic heterocycles. The van der Waals surface area contributed by atoms with E-state index < -0.39 is 11.4 Å². The molecule has 0 radical (unpaired) electrons. The van der Waals surface area contributed by atoms with E-state index in [2.05, 4.69) is 10.4 Å². The predicted molar refractivity (Wildman–Crippen MR) is 74.4 cm³/mol. The van der Waals surface area contributed by atoms with Gasteiger partial charge in [0.1, 0.15) is 0 Å². The maximum Gasteiger partial charge on any atom is 0.310 e. The van der Waals surface area contributed by atoms with Crippen LogP contribution in [0.25, 0.3) is 0 Å². The Morgan fingerprint density at radius 1 is 1.45 bits per heavy atom. The molecular weight excluding hydrogens is 258 g/mol. The molecule has 0 aliphatic heterocycles. The van der Waals surface area contributed by atoms with Gasteiger partial charge in [0.15, 0.2) is 0 Å². The Morgan fingerprint density at radius 2 is 2.10 bits per heavy atom. The van der Waals surface area contributed by atoms with E-state index in [1.54, 1.807) is 17.1 Å². The van der Waals surface area contributed by atoms with Crippen LogP contribution in [-0.2, 0) is 9.59 Å². The lowest BCUT2D eigenvalue weighted by Crippen LogP contribution is -2.32. The Bertz CT molecular complexity index is 502. The van der Waals surface area contributed by atoms with Crippen molar-refractivity contribution in [3.63, 3.8) is 0 Å². The van der Waals surface area contributed by atoms with E-state index in [1.165, 1.54) is 0 Å². The Kier molecular flexibility index (Phi) is 4.11. The number of hydrogen-bond donors (Lipinski definition) is 2. The molecule has 110 valence electrons. The van der Waals surface area contributed by atoms with Crippen molar-refractivity contribution >= 4 is 17.6 Å². The Labute approximate surface area is 118 Å². The summed E-state index contributed by atoms with van der Waals surface area (Å²) in [5.41, 5.74) is -0.264. The third-order valence-electron chi connectivity index (χ3n) is 3.93. The third-order valence-corrected chi connectivity index (χ3v) is 3.93. The van der Waals surface area contributed by atoms with Gasteiger partial charge in [0.2, 0.25) is 5.91 Å². The minimum atomic E-state index is -0.877. The molecule has 1 saturated carbocycles. The number of amides is 1. The second-order valence-electron chi connectivity index (χ2n) is 5.82. The van der Waals surface area contributed by atoms with Gasteiger partial charge in [-0.3, -0.25) is 14.3 Å². The van der Waals surface area contributed by atoms with Crippen LogP contribution in [0.2, 0.25) is 0 Å². The monoisotopic (exact) mass is 279 g/mol. The van der Waals surface area contributed by atoms with E-state index in [0.29, 0.717) is 18.5 Å². The number of carbonyl (C=O) groups is 2. The molecule has 1 fully saturated rings. The van der Waals surface area contributed by atoms with Crippen LogP contribution in [0.3, 0.4) is 0 Å². The van der Waals surface area contributed by atoms with E-state index in [4.69, 9.17) is 0 Å². The summed E-state index contributed by atoms with van der Waals surface area (Å²) in [4.78, 5) is 23.5. The van der Waals surface area contributed by atoms with Gasteiger partial charge in [0, 0.05) is 18.7 Å². The molecule has 20 heavy (non-hydrogen) atoms. The first-order valence-electron chi connectivity index (χ1n) is 7.00. The molecular formula is C14H21N3O3. The van der Waals surface area contributed by atoms with Gasteiger partial charge < -0.3 is 10.4 Å². The highest BCUT2D eigenvalue weighted by Crippen LogP contribution is 2.41. The average Bonchev–Trinajstić information content (AvgIpc) is 2.98. The summed E-state index contributed by atoms with van der Waals surface area (Å²) in [5.74, 6) is -1.11. The van der Waals surface area contributed by atoms with Crippen molar-refractivity contribution < 1.29 is 14.7 Å². The van der Waals surface area contributed by atoms with Gasteiger partial charge in [-0.15, -0.1) is 0 Å². The van der Waals surface area contributed by atoms with Crippen LogP contribution in [0.4, 0.5) is 5.69 Å². The Balaban J connectivity index is 1.99. The minimum Gasteiger partial charge on any atom is -0.481 e. The van der Waals surface area contributed by atoms with Crippen LogP contribution < -0.4 is 5.32 Å². The summed E-state index contributed by atoms with van der Waals surface area (Å²) in [6.45, 7) is 3.99. The van der Waals surface area contributed by atoms with Gasteiger partial charge in [0.05, 0.1) is 17.3 Å². The molecule has 0 aromatic carbocycles. The zero-order valence-electron chi connectivity index (χ0n) is 11.9. The third kappa shape index (κ3) is 3.00. The van der Waals surface area contributed by atoms with Crippen LogP contribution in [0.1, 0.15) is 52.0 Å². The maximum absolute atomic E-state index is 12.0. The first kappa shape index (κ1) is 14.6. The molecule has 6 heteroatoms. The number of nitrogens with one attached hydrogen (secondary N) is 1. The summed E-state index contributed by atoms with van der Waals surface area (Å²) >= 11 is 0. The number of carbonyl (C=O) groups excluding carboxylic acids is 1. The fourth-order valence-corrected chi connectivity index (χ4v) is 2.72. The lowest BCUT2D eigenvalue weighted by molar-refractivity contribution is -0.150. The highest BCUT2D eigenvalue weighted by molar-refractivity contribution is 5.94. The lowest BCUT2D eigenvalue weighted by atomic mass is 9.82. The summed E-state index contributed by atoms with van der Waals surface area (Å²) in [7, 11) is 0. The second-order valence-corrected chi connectivity index (χ2v) is 5.82. The smallest absolute Gasteiger partial charge is 0.310 e. The number of anilines is 1. The van der Waals surface area contributed by atoms with E-state index in [0.717, 1.165) is 12.8 Å². The normalized spacial score (nSPS) is 17.4. The van der Waals surface area contributed by atoms with Gasteiger partial charge in [-0.25, -0.2) is 0 Å². The summed E-state index contributed by atoms with van der Waals surface area (Å²) in [6, 6.07) is 0.223. The molecule has 0 bridgehead atoms. The number of rotatable bonds is 5. The van der Waals surface area contributed by atoms with Crippen molar-refractivity contribution in [2.24, 2.45) is 5.41 Å². The quantitative estimate of drug-likeness (QED) is 0.867. The number of nitrogens with zero attached hydrogens (tertiary/aromatic N) is 2. The van der Waals surface area contributed by atoms with Crippen LogP contribution in [0.5, 0.6) is 0 Å². The van der Waals surface area contributed by atoms with Crippen molar-refractivity contribution in [2.75, 3.05) is 5.32 Å². The molecule has 1 aliphatic rings. The zero-order valence-corrected chi connectivity index (χ0v) is 11.9. The standard InChI is InChI=1S/C14H21N3O3/c1-10(2)17-9-11(8-15-17)16-12(18)7-14(13(19)20)5-3-4-6-14/h8-10H,3-7H2,1-2H3,(H,16,18)(H,19,20). The largest absolute Gasteiger partial charge is 0.481 e. The van der Waals surface area contributed by atoms with Crippen molar-refractivity contribution in [1.82, 2.24) is 9.78 Å². The zero-order chi connectivity index (χ0) is 14.8. The summed E-state index contributed by atoms with van der Waals surface area (Å²) < 4.78 is 1.75. The van der Waals surface area contributed by atoms with Crippen molar-refractivity contribution in [2.45, 2.75) is 52.0 Å². The van der Waals surface area contributed by atoms with Gasteiger partial charge in [-0.1, -0.05) is 12.8 Å². The first-order chi connectivity index (χ1) is 9.43. The van der Waals surface area contributed by atoms with E-state index >= 15 is 0 Å². The Morgan fingerprint density at radius 3 is 2.60 bits per heavy atom. The van der Waals surface area contributed by atoms with Crippen LogP contribution in [-0.4, -0.2) is 26.8 Å². The highest BCUT2D eigenvalue weighted by atomic mass is 16.4. The van der Waals surface area contributed by atoms with Gasteiger partial charge in [0.25, 0.3) is 0 Å². The molecule has 1 heterocycles. The topological polar surface area (TPSA) is 84.2 Å². The van der Waals surface area contributed by atoms with Gasteiger partial charge in [-0.2, -0.15) is 5.10 Å². The van der Waals surface area contributed by atoms with Crippen LogP contribution in [0.15, 0.2) is 12.4 Å². The molecule has 0 atom stereocenters. The second kappa shape index (κ2) is 5.64. The molecule has 6 nitrogen and oxygen atoms in total. The molecule has 0 spiro atoms. The summed E-state index contributed by atoms with van der Waals surface area (Å²) in [6.07, 6.45) is 6.30. The number of hydrogen-bond acceptors (Lipinski definition) is 3. The van der Waals surface area contributed by atoms with E-state index in [-0.39, 0.29) is 18.4 Å². The Hall–Kier alpha value is -1.85. The highest BCUT2D eigenvalue weighted by Gasteiger charge is 2.42. The fourth-order valence-electron chi connectivity index (χ4n) is 2.72. The fraction of sp³-hybridized carbons (Fsp3) is 0.643. The lowest BCUT2D eigenvalue weighted by Gasteiger charge is -2.22. The number of aliphatic carboxylic acids is 1. The van der Waals surface area contributed by atoms with Crippen molar-refractivity contribution in [1.29, 1.82) is 0 Å². The number of carboxylic acid groups (broad SMARTS) is 1. The average molecular weight is 279 g/mol. The minimum absolute atomic E-state index is 0.0369. The predicted octanol–water partition coefficient (Wildman–Crippen LogP) is 2.44. The van der Waals surface area contributed by atoms with Crippen molar-refractivity contribution in [3.05, 3.63) is 12.4 Å². The molecule has 2 N–H and O–H groups in total. The van der Waals surface area contributed by atoms with Crippen molar-refractivity contribution in [3.8, 4) is 0 Å².